The fourth-order valence-electron chi connectivity index (χ4n) is 2.17. The fourth-order valence-corrected chi connectivity index (χ4v) is 2.30. The van der Waals surface area contributed by atoms with Gasteiger partial charge in [0.05, 0.1) is 17.0 Å². The lowest BCUT2D eigenvalue weighted by Gasteiger charge is -2.22. The second-order valence-electron chi connectivity index (χ2n) is 5.88. The highest BCUT2D eigenvalue weighted by atomic mass is 35.5. The molecule has 1 aromatic carbocycles. The molecule has 1 aromatic heterocycles. The Balaban J connectivity index is 2.66. The molecular weight excluding hydrogens is 268 g/mol. The summed E-state index contributed by atoms with van der Waals surface area (Å²) in [5.41, 5.74) is 4.26. The van der Waals surface area contributed by atoms with E-state index >= 15 is 0 Å². The zero-order valence-corrected chi connectivity index (χ0v) is 12.9. The second kappa shape index (κ2) is 5.26. The summed E-state index contributed by atoms with van der Waals surface area (Å²) < 4.78 is 0. The molecule has 3 heteroatoms. The van der Waals surface area contributed by atoms with Crippen LogP contribution in [0.1, 0.15) is 37.6 Å². The van der Waals surface area contributed by atoms with Gasteiger partial charge in [0.15, 0.2) is 0 Å². The number of hydrogen-bond donors (Lipinski definition) is 0. The van der Waals surface area contributed by atoms with E-state index in [0.29, 0.717) is 10.6 Å². The van der Waals surface area contributed by atoms with Gasteiger partial charge in [0, 0.05) is 10.6 Å². The first-order chi connectivity index (χ1) is 9.32. The normalized spacial score (nSPS) is 11.2. The minimum Gasteiger partial charge on any atom is -0.252 e. The van der Waals surface area contributed by atoms with Gasteiger partial charge in [-0.25, -0.2) is 0 Å². The molecule has 0 spiro atoms. The molecule has 0 radical (unpaired) electrons. The largest absolute Gasteiger partial charge is 0.252 e. The van der Waals surface area contributed by atoms with Gasteiger partial charge >= 0.3 is 0 Å². The molecular formula is C17H17ClN2. The minimum absolute atomic E-state index is 0.0973. The number of halogens is 1. The molecule has 2 rings (SSSR count). The molecule has 0 fully saturated rings. The van der Waals surface area contributed by atoms with Crippen LogP contribution < -0.4 is 0 Å². The third-order valence-corrected chi connectivity index (χ3v) is 3.51. The summed E-state index contributed by atoms with van der Waals surface area (Å²) in [6, 6.07) is 11.9. The van der Waals surface area contributed by atoms with Crippen molar-refractivity contribution in [1.29, 1.82) is 5.26 Å². The topological polar surface area (TPSA) is 36.7 Å². The van der Waals surface area contributed by atoms with Gasteiger partial charge < -0.3 is 0 Å². The van der Waals surface area contributed by atoms with Gasteiger partial charge in [0.1, 0.15) is 6.07 Å². The Morgan fingerprint density at radius 1 is 1.15 bits per heavy atom. The summed E-state index contributed by atoms with van der Waals surface area (Å²) in [6.07, 6.45) is 0. The number of benzene rings is 1. The van der Waals surface area contributed by atoms with Gasteiger partial charge in [0.2, 0.25) is 0 Å². The molecule has 1 heterocycles. The van der Waals surface area contributed by atoms with Crippen LogP contribution in [0.3, 0.4) is 0 Å². The predicted octanol–water partition coefficient (Wildman–Crippen LogP) is 4.88. The molecule has 0 aliphatic carbocycles. The molecule has 0 bridgehead atoms. The van der Waals surface area contributed by atoms with E-state index in [-0.39, 0.29) is 5.41 Å². The van der Waals surface area contributed by atoms with Gasteiger partial charge in [-0.3, -0.25) is 4.98 Å². The van der Waals surface area contributed by atoms with Crippen LogP contribution in [-0.4, -0.2) is 4.98 Å². The number of nitrogens with zero attached hydrogens (tertiary/aromatic N) is 2. The van der Waals surface area contributed by atoms with Crippen LogP contribution in [0.2, 0.25) is 5.02 Å². The molecule has 2 nitrogen and oxygen atoms in total. The number of nitriles is 1. The molecule has 2 aromatic rings. The molecule has 0 unspecified atom stereocenters. The predicted molar refractivity (Wildman–Crippen MR) is 82.8 cm³/mol. The highest BCUT2D eigenvalue weighted by Crippen LogP contribution is 2.31. The standard InChI is InChI=1S/C17H17ClN2/c1-11-14(10-19)15(17(2,3)4)9-16(20-11)12-5-7-13(18)8-6-12/h5-9H,1-4H3. The lowest BCUT2D eigenvalue weighted by atomic mass is 9.83. The van der Waals surface area contributed by atoms with E-state index < -0.39 is 0 Å². The second-order valence-corrected chi connectivity index (χ2v) is 6.32. The minimum atomic E-state index is -0.0973. The Bertz CT molecular complexity index is 674. The number of rotatable bonds is 1. The van der Waals surface area contributed by atoms with Crippen molar-refractivity contribution in [3.05, 3.63) is 52.2 Å². The molecule has 20 heavy (non-hydrogen) atoms. The van der Waals surface area contributed by atoms with E-state index in [1.165, 1.54) is 0 Å². The van der Waals surface area contributed by atoms with Gasteiger partial charge in [0.25, 0.3) is 0 Å². The Hall–Kier alpha value is -1.85. The summed E-state index contributed by atoms with van der Waals surface area (Å²) >= 11 is 5.92. The fraction of sp³-hybridized carbons (Fsp3) is 0.294. The van der Waals surface area contributed by atoms with Crippen LogP contribution in [0.15, 0.2) is 30.3 Å². The quantitative estimate of drug-likeness (QED) is 0.748. The van der Waals surface area contributed by atoms with E-state index in [9.17, 15) is 5.26 Å². The third kappa shape index (κ3) is 2.84. The summed E-state index contributed by atoms with van der Waals surface area (Å²) in [7, 11) is 0. The highest BCUT2D eigenvalue weighted by Gasteiger charge is 2.21. The Morgan fingerprint density at radius 3 is 2.25 bits per heavy atom. The zero-order chi connectivity index (χ0) is 14.9. The van der Waals surface area contributed by atoms with Gasteiger partial charge in [-0.1, -0.05) is 44.5 Å². The van der Waals surface area contributed by atoms with Crippen LogP contribution in [0, 0.1) is 18.3 Å². The third-order valence-electron chi connectivity index (χ3n) is 3.26. The SMILES string of the molecule is Cc1nc(-c2ccc(Cl)cc2)cc(C(C)(C)C)c1C#N. The van der Waals surface area contributed by atoms with Gasteiger partial charge in [-0.05, 0) is 36.1 Å². The summed E-state index contributed by atoms with van der Waals surface area (Å²) in [4.78, 5) is 4.55. The number of aromatic nitrogens is 1. The Kier molecular flexibility index (Phi) is 3.83. The van der Waals surface area contributed by atoms with Crippen molar-refractivity contribution in [2.45, 2.75) is 33.1 Å². The molecule has 0 saturated heterocycles. The first-order valence-electron chi connectivity index (χ1n) is 6.51. The van der Waals surface area contributed by atoms with Crippen LogP contribution in [0.4, 0.5) is 0 Å². The maximum atomic E-state index is 9.35. The monoisotopic (exact) mass is 284 g/mol. The summed E-state index contributed by atoms with van der Waals surface area (Å²) in [6.45, 7) is 8.20. The number of pyridine rings is 1. The number of hydrogen-bond acceptors (Lipinski definition) is 2. The smallest absolute Gasteiger partial charge is 0.101 e. The first-order valence-corrected chi connectivity index (χ1v) is 6.89. The molecule has 0 saturated carbocycles. The van der Waals surface area contributed by atoms with E-state index in [0.717, 1.165) is 22.5 Å². The lowest BCUT2D eigenvalue weighted by Crippen LogP contribution is -2.15. The molecule has 0 N–H and O–H groups in total. The highest BCUT2D eigenvalue weighted by molar-refractivity contribution is 6.30. The van der Waals surface area contributed by atoms with Gasteiger partial charge in [-0.15, -0.1) is 0 Å². The van der Waals surface area contributed by atoms with E-state index in [1.54, 1.807) is 0 Å². The average molecular weight is 285 g/mol. The molecule has 0 atom stereocenters. The van der Waals surface area contributed by atoms with Crippen molar-refractivity contribution in [2.24, 2.45) is 0 Å². The molecule has 0 amide bonds. The Morgan fingerprint density at radius 2 is 1.75 bits per heavy atom. The van der Waals surface area contributed by atoms with Gasteiger partial charge in [-0.2, -0.15) is 5.26 Å². The van der Waals surface area contributed by atoms with Crippen molar-refractivity contribution in [3.63, 3.8) is 0 Å². The van der Waals surface area contributed by atoms with Crippen molar-refractivity contribution in [2.75, 3.05) is 0 Å². The molecule has 0 aliphatic heterocycles. The average Bonchev–Trinajstić information content (AvgIpc) is 2.37. The molecule has 0 aliphatic rings. The van der Waals surface area contributed by atoms with Crippen molar-refractivity contribution >= 4 is 11.6 Å². The van der Waals surface area contributed by atoms with Crippen molar-refractivity contribution < 1.29 is 0 Å². The van der Waals surface area contributed by atoms with Crippen LogP contribution in [0.25, 0.3) is 11.3 Å². The van der Waals surface area contributed by atoms with Crippen LogP contribution in [-0.2, 0) is 5.41 Å². The Labute approximate surface area is 125 Å². The first kappa shape index (κ1) is 14.6. The molecule has 102 valence electrons. The lowest BCUT2D eigenvalue weighted by molar-refractivity contribution is 0.587. The van der Waals surface area contributed by atoms with Crippen molar-refractivity contribution in [3.8, 4) is 17.3 Å². The summed E-state index contributed by atoms with van der Waals surface area (Å²) in [5, 5.41) is 10.1. The van der Waals surface area contributed by atoms with Crippen molar-refractivity contribution in [1.82, 2.24) is 4.98 Å². The van der Waals surface area contributed by atoms with E-state index in [2.05, 4.69) is 31.8 Å². The van der Waals surface area contributed by atoms with E-state index in [1.807, 2.05) is 37.3 Å². The van der Waals surface area contributed by atoms with Crippen LogP contribution >= 0.6 is 11.6 Å². The maximum absolute atomic E-state index is 9.35. The maximum Gasteiger partial charge on any atom is 0.101 e. The summed E-state index contributed by atoms with van der Waals surface area (Å²) in [5.74, 6) is 0. The zero-order valence-electron chi connectivity index (χ0n) is 12.2. The number of aryl methyl sites for hydroxylation is 1. The van der Waals surface area contributed by atoms with Crippen LogP contribution in [0.5, 0.6) is 0 Å². The van der Waals surface area contributed by atoms with E-state index in [4.69, 9.17) is 11.6 Å².